The van der Waals surface area contributed by atoms with E-state index in [1.165, 1.54) is 0 Å². The first-order valence-corrected chi connectivity index (χ1v) is 10.1. The van der Waals surface area contributed by atoms with Crippen molar-refractivity contribution in [2.75, 3.05) is 32.8 Å². The van der Waals surface area contributed by atoms with E-state index in [-0.39, 0.29) is 23.8 Å². The third-order valence-electron chi connectivity index (χ3n) is 5.17. The number of carbonyl (C=O) groups excluding carboxylic acids is 2. The van der Waals surface area contributed by atoms with Crippen molar-refractivity contribution in [3.05, 3.63) is 28.8 Å². The highest BCUT2D eigenvalue weighted by atomic mass is 35.5. The van der Waals surface area contributed by atoms with Gasteiger partial charge in [-0.25, -0.2) is 0 Å². The summed E-state index contributed by atoms with van der Waals surface area (Å²) in [5.74, 6) is 0.753. The predicted molar refractivity (Wildman–Crippen MR) is 105 cm³/mol. The molecule has 0 spiro atoms. The van der Waals surface area contributed by atoms with Gasteiger partial charge in [0, 0.05) is 30.7 Å². The highest BCUT2D eigenvalue weighted by molar-refractivity contribution is 6.30. The molecule has 2 amide bonds. The number of nitrogens with one attached hydrogen (secondary N) is 2. The fourth-order valence-corrected chi connectivity index (χ4v) is 3.80. The van der Waals surface area contributed by atoms with Gasteiger partial charge >= 0.3 is 0 Å². The molecule has 1 unspecified atom stereocenters. The molecular weight excluding hydrogens is 366 g/mol. The monoisotopic (exact) mass is 393 g/mol. The van der Waals surface area contributed by atoms with Crippen LogP contribution in [0.3, 0.4) is 0 Å². The van der Waals surface area contributed by atoms with Crippen LogP contribution in [0.15, 0.2) is 18.2 Å². The second-order valence-electron chi connectivity index (χ2n) is 7.37. The Hall–Kier alpha value is -1.79. The molecule has 1 atom stereocenters. The van der Waals surface area contributed by atoms with Gasteiger partial charge in [0.25, 0.3) is 0 Å². The molecule has 2 heterocycles. The minimum Gasteiger partial charge on any atom is -0.492 e. The Morgan fingerprint density at radius 3 is 2.81 bits per heavy atom. The molecule has 0 radical (unpaired) electrons. The molecule has 2 N–H and O–H groups in total. The van der Waals surface area contributed by atoms with Gasteiger partial charge in [0.2, 0.25) is 11.8 Å². The van der Waals surface area contributed by atoms with Gasteiger partial charge in [-0.3, -0.25) is 14.5 Å². The summed E-state index contributed by atoms with van der Waals surface area (Å²) in [6.07, 6.45) is 3.32. The summed E-state index contributed by atoms with van der Waals surface area (Å²) < 4.78 is 5.72. The number of halogens is 1. The molecule has 0 aliphatic carbocycles. The molecule has 6 nitrogen and oxygen atoms in total. The quantitative estimate of drug-likeness (QED) is 0.775. The first-order valence-electron chi connectivity index (χ1n) is 9.75. The number of ether oxygens (including phenoxy) is 1. The smallest absolute Gasteiger partial charge is 0.234 e. The number of rotatable bonds is 6. The lowest BCUT2D eigenvalue weighted by atomic mass is 9.95. The number of hydrogen-bond donors (Lipinski definition) is 2. The third-order valence-corrected chi connectivity index (χ3v) is 5.41. The second-order valence-corrected chi connectivity index (χ2v) is 7.81. The van der Waals surface area contributed by atoms with Crippen LogP contribution in [0, 0.1) is 5.92 Å². The van der Waals surface area contributed by atoms with E-state index in [0.29, 0.717) is 24.6 Å². The summed E-state index contributed by atoms with van der Waals surface area (Å²) in [5.41, 5.74) is 0.988. The van der Waals surface area contributed by atoms with Crippen LogP contribution in [0.4, 0.5) is 0 Å². The van der Waals surface area contributed by atoms with Gasteiger partial charge in [0.1, 0.15) is 12.4 Å². The number of fused-ring (bicyclic) bond motifs is 1. The van der Waals surface area contributed by atoms with Crippen molar-refractivity contribution in [2.45, 2.75) is 38.6 Å². The number of benzene rings is 1. The van der Waals surface area contributed by atoms with Crippen molar-refractivity contribution < 1.29 is 14.3 Å². The van der Waals surface area contributed by atoms with E-state index in [2.05, 4.69) is 15.5 Å². The molecule has 1 fully saturated rings. The standard InChI is InChI=1S/C20H28ClN3O3/c1-2-7-22-19(25)12-24-8-5-17(6-9-24)23-20(26)15-10-14-11-16(21)3-4-18(14)27-13-15/h3-4,11,15,17H,2,5-10,12-13H2,1H3,(H,22,25)(H,23,26). The normalized spacial score (nSPS) is 20.4. The molecule has 148 valence electrons. The van der Waals surface area contributed by atoms with E-state index >= 15 is 0 Å². The maximum atomic E-state index is 12.6. The molecule has 2 aliphatic rings. The van der Waals surface area contributed by atoms with E-state index in [9.17, 15) is 9.59 Å². The van der Waals surface area contributed by atoms with Crippen LogP contribution in [0.25, 0.3) is 0 Å². The fourth-order valence-electron chi connectivity index (χ4n) is 3.61. The van der Waals surface area contributed by atoms with Crippen molar-refractivity contribution in [2.24, 2.45) is 5.92 Å². The number of carbonyl (C=O) groups is 2. The molecule has 1 saturated heterocycles. The third kappa shape index (κ3) is 5.59. The first-order chi connectivity index (χ1) is 13.0. The lowest BCUT2D eigenvalue weighted by Crippen LogP contribution is -2.49. The minimum absolute atomic E-state index is 0.0414. The van der Waals surface area contributed by atoms with E-state index in [0.717, 1.165) is 50.2 Å². The Balaban J connectivity index is 1.43. The average Bonchev–Trinajstić information content (AvgIpc) is 2.67. The molecule has 3 rings (SSSR count). The van der Waals surface area contributed by atoms with Crippen molar-refractivity contribution in [1.29, 1.82) is 0 Å². The number of likely N-dealkylation sites (tertiary alicyclic amines) is 1. The van der Waals surface area contributed by atoms with Gasteiger partial charge < -0.3 is 15.4 Å². The Labute approximate surface area is 165 Å². The Kier molecular flexibility index (Phi) is 6.96. The van der Waals surface area contributed by atoms with Crippen LogP contribution in [0.5, 0.6) is 5.75 Å². The van der Waals surface area contributed by atoms with Gasteiger partial charge in [-0.2, -0.15) is 0 Å². The summed E-state index contributed by atoms with van der Waals surface area (Å²) >= 11 is 6.05. The van der Waals surface area contributed by atoms with Crippen LogP contribution in [0.1, 0.15) is 31.7 Å². The number of piperidine rings is 1. The summed E-state index contributed by atoms with van der Waals surface area (Å²) in [6.45, 7) is 5.25. The zero-order valence-corrected chi connectivity index (χ0v) is 16.6. The van der Waals surface area contributed by atoms with Crippen molar-refractivity contribution in [3.63, 3.8) is 0 Å². The highest BCUT2D eigenvalue weighted by Gasteiger charge is 2.29. The molecule has 0 aromatic heterocycles. The lowest BCUT2D eigenvalue weighted by molar-refractivity contribution is -0.128. The predicted octanol–water partition coefficient (Wildman–Crippen LogP) is 2.00. The maximum absolute atomic E-state index is 12.6. The minimum atomic E-state index is -0.186. The molecule has 27 heavy (non-hydrogen) atoms. The molecule has 7 heteroatoms. The van der Waals surface area contributed by atoms with Crippen molar-refractivity contribution >= 4 is 23.4 Å². The first kappa shape index (κ1) is 20.0. The van der Waals surface area contributed by atoms with E-state index < -0.39 is 0 Å². The van der Waals surface area contributed by atoms with E-state index in [1.54, 1.807) is 6.07 Å². The number of amides is 2. The Morgan fingerprint density at radius 2 is 2.07 bits per heavy atom. The summed E-state index contributed by atoms with van der Waals surface area (Å²) in [5, 5.41) is 6.73. The van der Waals surface area contributed by atoms with Crippen LogP contribution < -0.4 is 15.4 Å². The van der Waals surface area contributed by atoms with E-state index in [4.69, 9.17) is 16.3 Å². The Morgan fingerprint density at radius 1 is 1.30 bits per heavy atom. The number of nitrogens with zero attached hydrogens (tertiary/aromatic N) is 1. The van der Waals surface area contributed by atoms with Crippen molar-refractivity contribution in [1.82, 2.24) is 15.5 Å². The van der Waals surface area contributed by atoms with Crippen LogP contribution >= 0.6 is 11.6 Å². The van der Waals surface area contributed by atoms with E-state index in [1.807, 2.05) is 19.1 Å². The van der Waals surface area contributed by atoms with Gasteiger partial charge in [-0.1, -0.05) is 18.5 Å². The molecule has 0 saturated carbocycles. The maximum Gasteiger partial charge on any atom is 0.234 e. The second kappa shape index (κ2) is 9.42. The molecule has 1 aromatic carbocycles. The summed E-state index contributed by atoms with van der Waals surface area (Å²) in [6, 6.07) is 5.70. The molecule has 0 bridgehead atoms. The zero-order chi connectivity index (χ0) is 19.2. The van der Waals surface area contributed by atoms with Gasteiger partial charge in [-0.15, -0.1) is 0 Å². The highest BCUT2D eigenvalue weighted by Crippen LogP contribution is 2.30. The molecular formula is C20H28ClN3O3. The summed E-state index contributed by atoms with van der Waals surface area (Å²) in [4.78, 5) is 26.6. The summed E-state index contributed by atoms with van der Waals surface area (Å²) in [7, 11) is 0. The average molecular weight is 394 g/mol. The SMILES string of the molecule is CCCNC(=O)CN1CCC(NC(=O)C2COc3ccc(Cl)cc3C2)CC1. The van der Waals surface area contributed by atoms with Crippen LogP contribution in [-0.2, 0) is 16.0 Å². The topological polar surface area (TPSA) is 70.7 Å². The van der Waals surface area contributed by atoms with Crippen molar-refractivity contribution in [3.8, 4) is 5.75 Å². The van der Waals surface area contributed by atoms with Gasteiger partial charge in [0.15, 0.2) is 0 Å². The largest absolute Gasteiger partial charge is 0.492 e. The van der Waals surface area contributed by atoms with Crippen LogP contribution in [-0.4, -0.2) is 55.5 Å². The Bertz CT molecular complexity index is 674. The van der Waals surface area contributed by atoms with Gasteiger partial charge in [-0.05, 0) is 49.4 Å². The zero-order valence-electron chi connectivity index (χ0n) is 15.8. The fraction of sp³-hybridized carbons (Fsp3) is 0.600. The van der Waals surface area contributed by atoms with Gasteiger partial charge in [0.05, 0.1) is 12.5 Å². The number of hydrogen-bond acceptors (Lipinski definition) is 4. The molecule has 2 aliphatic heterocycles. The van der Waals surface area contributed by atoms with Crippen LogP contribution in [0.2, 0.25) is 5.02 Å². The lowest BCUT2D eigenvalue weighted by Gasteiger charge is -2.33. The molecule has 1 aromatic rings.